The molecule has 0 bridgehead atoms. The van der Waals surface area contributed by atoms with E-state index in [1.165, 1.54) is 12.1 Å². The summed E-state index contributed by atoms with van der Waals surface area (Å²) in [7, 11) is 0. The largest absolute Gasteiger partial charge is 0.327 e. The van der Waals surface area contributed by atoms with Gasteiger partial charge in [0.25, 0.3) is 5.91 Å². The Morgan fingerprint density at radius 3 is 2.45 bits per heavy atom. The highest BCUT2D eigenvalue weighted by atomic mass is 19.1. The lowest BCUT2D eigenvalue weighted by Gasteiger charge is -2.28. The van der Waals surface area contributed by atoms with Gasteiger partial charge in [-0.15, -0.1) is 0 Å². The van der Waals surface area contributed by atoms with Crippen LogP contribution in [-0.2, 0) is 11.3 Å². The summed E-state index contributed by atoms with van der Waals surface area (Å²) in [6.07, 6.45) is 0.0830. The van der Waals surface area contributed by atoms with Crippen molar-refractivity contribution in [1.82, 2.24) is 4.90 Å². The van der Waals surface area contributed by atoms with E-state index < -0.39 is 6.04 Å². The number of hydrogen-bond donors (Lipinski definition) is 1. The van der Waals surface area contributed by atoms with Crippen LogP contribution in [0.15, 0.2) is 72.8 Å². The zero-order valence-corrected chi connectivity index (χ0v) is 16.1. The fourth-order valence-electron chi connectivity index (χ4n) is 3.71. The molecule has 146 valence electrons. The Balaban J connectivity index is 1.61. The lowest BCUT2D eigenvalue weighted by Crippen LogP contribution is -2.32. The second-order valence-electron chi connectivity index (χ2n) is 7.22. The van der Waals surface area contributed by atoms with E-state index in [4.69, 9.17) is 0 Å². The Bertz CT molecular complexity index is 1060. The first kappa shape index (κ1) is 18.9. The minimum Gasteiger partial charge on any atom is -0.327 e. The number of amides is 2. The van der Waals surface area contributed by atoms with Crippen molar-refractivity contribution in [2.45, 2.75) is 25.9 Å². The van der Waals surface area contributed by atoms with Crippen LogP contribution in [0.4, 0.5) is 10.1 Å². The third kappa shape index (κ3) is 3.90. The number of hydrogen-bond acceptors (Lipinski definition) is 2. The van der Waals surface area contributed by atoms with Gasteiger partial charge < -0.3 is 10.2 Å². The van der Waals surface area contributed by atoms with E-state index in [-0.39, 0.29) is 24.1 Å². The molecule has 0 saturated carbocycles. The molecule has 1 N–H and O–H groups in total. The maximum atomic E-state index is 13.5. The molecule has 5 heteroatoms. The highest BCUT2D eigenvalue weighted by Crippen LogP contribution is 2.34. The molecule has 0 saturated heterocycles. The molecule has 2 amide bonds. The smallest absolute Gasteiger partial charge is 0.255 e. The second-order valence-corrected chi connectivity index (χ2v) is 7.22. The Labute approximate surface area is 169 Å². The number of benzene rings is 3. The summed E-state index contributed by atoms with van der Waals surface area (Å²) in [6.45, 7) is 2.35. The van der Waals surface area contributed by atoms with Gasteiger partial charge in [0.2, 0.25) is 5.91 Å². The normalized spacial score (nSPS) is 13.9. The fraction of sp³-hybridized carbons (Fsp3) is 0.167. The number of carbonyl (C=O) groups excluding carboxylic acids is 2. The summed E-state index contributed by atoms with van der Waals surface area (Å²) in [4.78, 5) is 27.5. The van der Waals surface area contributed by atoms with Gasteiger partial charge in [0.05, 0.1) is 12.5 Å². The third-order valence-corrected chi connectivity index (χ3v) is 5.28. The van der Waals surface area contributed by atoms with Crippen molar-refractivity contribution in [3.8, 4) is 0 Å². The first-order valence-corrected chi connectivity index (χ1v) is 9.53. The predicted octanol–water partition coefficient (Wildman–Crippen LogP) is 4.86. The van der Waals surface area contributed by atoms with Crippen LogP contribution in [0.3, 0.4) is 0 Å². The number of anilines is 1. The molecular formula is C24H21FN2O2. The van der Waals surface area contributed by atoms with E-state index in [1.54, 1.807) is 23.1 Å². The number of carbonyl (C=O) groups is 2. The van der Waals surface area contributed by atoms with Gasteiger partial charge in [0.15, 0.2) is 0 Å². The molecule has 4 rings (SSSR count). The molecule has 0 aromatic heterocycles. The van der Waals surface area contributed by atoms with Crippen LogP contribution in [-0.4, -0.2) is 16.7 Å². The van der Waals surface area contributed by atoms with Crippen molar-refractivity contribution in [1.29, 1.82) is 0 Å². The molecule has 1 aliphatic rings. The van der Waals surface area contributed by atoms with Crippen molar-refractivity contribution in [2.24, 2.45) is 0 Å². The van der Waals surface area contributed by atoms with Gasteiger partial charge in [-0.25, -0.2) is 4.39 Å². The summed E-state index contributed by atoms with van der Waals surface area (Å²) in [6, 6.07) is 20.5. The molecule has 29 heavy (non-hydrogen) atoms. The van der Waals surface area contributed by atoms with E-state index in [2.05, 4.69) is 5.32 Å². The van der Waals surface area contributed by atoms with Gasteiger partial charge >= 0.3 is 0 Å². The Morgan fingerprint density at radius 2 is 1.72 bits per heavy atom. The highest BCUT2D eigenvalue weighted by molar-refractivity contribution is 5.99. The minimum atomic E-state index is -0.487. The summed E-state index contributed by atoms with van der Waals surface area (Å²) >= 11 is 0. The fourth-order valence-corrected chi connectivity index (χ4v) is 3.71. The first-order chi connectivity index (χ1) is 14.0. The molecule has 0 spiro atoms. The average molecular weight is 388 g/mol. The third-order valence-electron chi connectivity index (χ3n) is 5.28. The molecule has 0 unspecified atom stereocenters. The molecule has 0 fully saturated rings. The zero-order chi connectivity index (χ0) is 20.4. The number of halogens is 1. The van der Waals surface area contributed by atoms with Gasteiger partial charge in [-0.1, -0.05) is 48.5 Å². The average Bonchev–Trinajstić information content (AvgIpc) is 3.05. The number of rotatable bonds is 5. The van der Waals surface area contributed by atoms with E-state index in [0.29, 0.717) is 12.1 Å². The van der Waals surface area contributed by atoms with Gasteiger partial charge in [-0.2, -0.15) is 0 Å². The molecule has 3 aromatic rings. The van der Waals surface area contributed by atoms with E-state index >= 15 is 0 Å². The van der Waals surface area contributed by atoms with Gasteiger partial charge in [0.1, 0.15) is 5.82 Å². The van der Waals surface area contributed by atoms with Crippen molar-refractivity contribution < 1.29 is 14.0 Å². The monoisotopic (exact) mass is 388 g/mol. The topological polar surface area (TPSA) is 49.4 Å². The van der Waals surface area contributed by atoms with Crippen LogP contribution in [0, 0.1) is 12.7 Å². The standard InChI is InChI=1S/C24H21FN2O2/c1-16-6-2-5-9-21(16)26-23(28)14-22(17-10-12-19(25)13-11-17)27-15-18-7-3-4-8-20(18)24(27)29/h2-13,22H,14-15H2,1H3,(H,26,28)/t22-/m0/s1. The summed E-state index contributed by atoms with van der Waals surface area (Å²) in [5, 5.41) is 2.93. The number of nitrogens with zero attached hydrogens (tertiary/aromatic N) is 1. The van der Waals surface area contributed by atoms with Crippen LogP contribution in [0.2, 0.25) is 0 Å². The van der Waals surface area contributed by atoms with Gasteiger partial charge in [0, 0.05) is 17.8 Å². The van der Waals surface area contributed by atoms with E-state index in [1.807, 2.05) is 49.4 Å². The zero-order valence-electron chi connectivity index (χ0n) is 16.1. The molecule has 0 aliphatic carbocycles. The van der Waals surface area contributed by atoms with Crippen LogP contribution < -0.4 is 5.32 Å². The van der Waals surface area contributed by atoms with Crippen molar-refractivity contribution in [3.05, 3.63) is 101 Å². The quantitative estimate of drug-likeness (QED) is 0.679. The van der Waals surface area contributed by atoms with Gasteiger partial charge in [-0.3, -0.25) is 9.59 Å². The maximum absolute atomic E-state index is 13.5. The van der Waals surface area contributed by atoms with Crippen molar-refractivity contribution in [2.75, 3.05) is 5.32 Å². The summed E-state index contributed by atoms with van der Waals surface area (Å²) < 4.78 is 13.5. The highest BCUT2D eigenvalue weighted by Gasteiger charge is 2.34. The molecule has 1 atom stereocenters. The lowest BCUT2D eigenvalue weighted by atomic mass is 10.0. The summed E-state index contributed by atoms with van der Waals surface area (Å²) in [5.41, 5.74) is 4.02. The van der Waals surface area contributed by atoms with Crippen LogP contribution in [0.5, 0.6) is 0 Å². The molecule has 4 nitrogen and oxygen atoms in total. The molecular weight excluding hydrogens is 367 g/mol. The van der Waals surface area contributed by atoms with Crippen molar-refractivity contribution in [3.63, 3.8) is 0 Å². The molecule has 1 heterocycles. The van der Waals surface area contributed by atoms with E-state index in [0.717, 1.165) is 22.4 Å². The number of fused-ring (bicyclic) bond motifs is 1. The van der Waals surface area contributed by atoms with Gasteiger partial charge in [-0.05, 0) is 47.9 Å². The van der Waals surface area contributed by atoms with Crippen LogP contribution >= 0.6 is 0 Å². The lowest BCUT2D eigenvalue weighted by molar-refractivity contribution is -0.117. The Morgan fingerprint density at radius 1 is 1.03 bits per heavy atom. The second kappa shape index (κ2) is 7.87. The summed E-state index contributed by atoms with van der Waals surface area (Å²) in [5.74, 6) is -0.663. The number of aryl methyl sites for hydroxylation is 1. The predicted molar refractivity (Wildman–Crippen MR) is 110 cm³/mol. The van der Waals surface area contributed by atoms with E-state index in [9.17, 15) is 14.0 Å². The van der Waals surface area contributed by atoms with Crippen molar-refractivity contribution >= 4 is 17.5 Å². The molecule has 3 aromatic carbocycles. The van der Waals surface area contributed by atoms with Crippen LogP contribution in [0.1, 0.15) is 39.5 Å². The number of nitrogens with one attached hydrogen (secondary N) is 1. The van der Waals surface area contributed by atoms with Crippen LogP contribution in [0.25, 0.3) is 0 Å². The first-order valence-electron chi connectivity index (χ1n) is 9.53. The molecule has 1 aliphatic heterocycles. The Kier molecular flexibility index (Phi) is 5.12. The molecule has 0 radical (unpaired) electrons. The maximum Gasteiger partial charge on any atom is 0.255 e. The Hall–Kier alpha value is -3.47. The minimum absolute atomic E-state index is 0.0830. The number of para-hydroxylation sites is 1. The SMILES string of the molecule is Cc1ccccc1NC(=O)C[C@@H](c1ccc(F)cc1)N1Cc2ccccc2C1=O.